The van der Waals surface area contributed by atoms with Gasteiger partial charge in [-0.3, -0.25) is 14.4 Å². The van der Waals surface area contributed by atoms with Crippen LogP contribution in [0.25, 0.3) is 0 Å². The van der Waals surface area contributed by atoms with Crippen LogP contribution in [0.2, 0.25) is 0 Å². The molecule has 0 N–H and O–H groups in total. The number of unbranched alkanes of at least 4 members (excludes halogenated alkanes) is 43. The van der Waals surface area contributed by atoms with Gasteiger partial charge in [0.05, 0.1) is 0 Å². The summed E-state index contributed by atoms with van der Waals surface area (Å²) >= 11 is 0. The van der Waals surface area contributed by atoms with Gasteiger partial charge in [0.1, 0.15) is 13.2 Å². The zero-order valence-electron chi connectivity index (χ0n) is 54.8. The SMILES string of the molecule is CCCCCCC/C=C\C/C=C\C/C=C\CCCCCCCCC(=O)OC(COC(=O)CCCCCCC/C=C\CCCCCCC)COC(=O)CCCCCCCCCCCCCCCCCCC/C=C\C/C=C\CCCCCCC. The molecule has 0 rings (SSSR count). The molecule has 0 aromatic carbocycles. The monoisotopic (exact) mass is 1150 g/mol. The Morgan fingerprint density at radius 3 is 0.695 bits per heavy atom. The van der Waals surface area contributed by atoms with Crippen LogP contribution in [0.15, 0.2) is 72.9 Å². The molecule has 1 unspecified atom stereocenters. The van der Waals surface area contributed by atoms with Gasteiger partial charge in [-0.2, -0.15) is 0 Å². The first kappa shape index (κ1) is 78.8. The minimum absolute atomic E-state index is 0.0805. The summed E-state index contributed by atoms with van der Waals surface area (Å²) in [6.07, 6.45) is 92.2. The smallest absolute Gasteiger partial charge is 0.306 e. The maximum Gasteiger partial charge on any atom is 0.306 e. The molecule has 0 aromatic heterocycles. The maximum atomic E-state index is 12.9. The number of esters is 3. The molecule has 0 spiro atoms. The Labute approximate surface area is 510 Å². The van der Waals surface area contributed by atoms with E-state index in [1.54, 1.807) is 0 Å². The molecule has 0 fully saturated rings. The molecule has 6 nitrogen and oxygen atoms in total. The summed E-state index contributed by atoms with van der Waals surface area (Å²) in [6.45, 7) is 6.64. The lowest BCUT2D eigenvalue weighted by Crippen LogP contribution is -2.30. The van der Waals surface area contributed by atoms with Crippen molar-refractivity contribution in [3.05, 3.63) is 72.9 Å². The van der Waals surface area contributed by atoms with Gasteiger partial charge in [-0.1, -0.05) is 312 Å². The number of carbonyl (C=O) groups excluding carboxylic acids is 3. The average molecular weight is 1150 g/mol. The summed E-state index contributed by atoms with van der Waals surface area (Å²) in [4.78, 5) is 38.4. The minimum Gasteiger partial charge on any atom is -0.462 e. The van der Waals surface area contributed by atoms with E-state index in [2.05, 4.69) is 93.7 Å². The summed E-state index contributed by atoms with van der Waals surface area (Å²) < 4.78 is 17.0. The van der Waals surface area contributed by atoms with E-state index in [1.165, 1.54) is 238 Å². The van der Waals surface area contributed by atoms with Gasteiger partial charge in [0.15, 0.2) is 6.10 Å². The summed E-state index contributed by atoms with van der Waals surface area (Å²) in [5.74, 6) is -0.882. The zero-order valence-corrected chi connectivity index (χ0v) is 54.8. The molecule has 0 aliphatic heterocycles. The third-order valence-electron chi connectivity index (χ3n) is 15.9. The van der Waals surface area contributed by atoms with Crippen LogP contribution in [0.5, 0.6) is 0 Å². The Morgan fingerprint density at radius 2 is 0.439 bits per heavy atom. The Hall–Kier alpha value is -3.15. The highest BCUT2D eigenvalue weighted by Gasteiger charge is 2.19. The van der Waals surface area contributed by atoms with Gasteiger partial charge in [0.25, 0.3) is 0 Å². The van der Waals surface area contributed by atoms with Crippen molar-refractivity contribution in [3.8, 4) is 0 Å². The Balaban J connectivity index is 4.27. The van der Waals surface area contributed by atoms with E-state index in [9.17, 15) is 14.4 Å². The van der Waals surface area contributed by atoms with E-state index in [1.807, 2.05) is 0 Å². The molecule has 0 aromatic rings. The number of allylic oxidation sites excluding steroid dienone is 12. The standard InChI is InChI=1S/C76H136O6/c1-4-7-10-13-16-19-22-25-28-30-32-34-35-36-37-38-39-40-41-43-44-46-48-51-54-57-60-63-66-69-75(78)81-72-73(71-80-74(77)68-65-62-59-56-53-50-27-24-21-18-15-12-9-6-3)82-76(79)70-67-64-61-58-55-52-49-47-45-42-33-31-29-26-23-20-17-14-11-8-5-2/h22-27,30-33,45,47,73H,4-21,28-29,34-44,46,48-72H2,1-3H3/b25-22-,26-23-,27-24-,32-30-,33-31-,47-45-. The molecule has 476 valence electrons. The van der Waals surface area contributed by atoms with Crippen LogP contribution < -0.4 is 0 Å². The van der Waals surface area contributed by atoms with Crippen LogP contribution in [-0.2, 0) is 28.6 Å². The second-order valence-electron chi connectivity index (χ2n) is 24.1. The van der Waals surface area contributed by atoms with Crippen LogP contribution in [0, 0.1) is 0 Å². The van der Waals surface area contributed by atoms with Gasteiger partial charge in [0.2, 0.25) is 0 Å². The summed E-state index contributed by atoms with van der Waals surface area (Å²) in [5, 5.41) is 0. The second kappa shape index (κ2) is 70.3. The number of carbonyl (C=O) groups is 3. The number of ether oxygens (including phenoxy) is 3. The Bertz CT molecular complexity index is 1500. The molecule has 0 saturated carbocycles. The molecule has 0 saturated heterocycles. The highest BCUT2D eigenvalue weighted by Crippen LogP contribution is 2.17. The van der Waals surface area contributed by atoms with E-state index >= 15 is 0 Å². The lowest BCUT2D eigenvalue weighted by molar-refractivity contribution is -0.167. The van der Waals surface area contributed by atoms with E-state index < -0.39 is 6.10 Å². The topological polar surface area (TPSA) is 78.9 Å². The van der Waals surface area contributed by atoms with Gasteiger partial charge in [0, 0.05) is 19.3 Å². The van der Waals surface area contributed by atoms with E-state index in [0.29, 0.717) is 19.3 Å². The predicted molar refractivity (Wildman–Crippen MR) is 358 cm³/mol. The molecule has 0 aliphatic rings. The van der Waals surface area contributed by atoms with Crippen molar-refractivity contribution < 1.29 is 28.6 Å². The number of rotatable bonds is 66. The third-order valence-corrected chi connectivity index (χ3v) is 15.9. The summed E-state index contributed by atoms with van der Waals surface area (Å²) in [7, 11) is 0. The molecule has 0 amide bonds. The highest BCUT2D eigenvalue weighted by atomic mass is 16.6. The molecule has 0 bridgehead atoms. The van der Waals surface area contributed by atoms with Gasteiger partial charge in [-0.25, -0.2) is 0 Å². The third kappa shape index (κ3) is 67.6. The van der Waals surface area contributed by atoms with Crippen molar-refractivity contribution in [2.24, 2.45) is 0 Å². The van der Waals surface area contributed by atoms with Crippen LogP contribution in [0.3, 0.4) is 0 Å². The normalized spacial score (nSPS) is 12.5. The van der Waals surface area contributed by atoms with Crippen molar-refractivity contribution in [3.63, 3.8) is 0 Å². The minimum atomic E-state index is -0.787. The lowest BCUT2D eigenvalue weighted by Gasteiger charge is -2.18. The Morgan fingerprint density at radius 1 is 0.244 bits per heavy atom. The maximum absolute atomic E-state index is 12.9. The zero-order chi connectivity index (χ0) is 59.2. The summed E-state index contributed by atoms with van der Waals surface area (Å²) in [6, 6.07) is 0. The predicted octanol–water partition coefficient (Wildman–Crippen LogP) is 24.8. The molecule has 6 heteroatoms. The molecule has 1 atom stereocenters. The molecule has 82 heavy (non-hydrogen) atoms. The molecule has 0 aliphatic carbocycles. The van der Waals surface area contributed by atoms with Crippen LogP contribution in [0.1, 0.15) is 374 Å². The molecule has 0 heterocycles. The quantitative estimate of drug-likeness (QED) is 0.0261. The first-order chi connectivity index (χ1) is 40.5. The summed E-state index contributed by atoms with van der Waals surface area (Å²) in [5.41, 5.74) is 0. The van der Waals surface area contributed by atoms with Gasteiger partial charge < -0.3 is 14.2 Å². The van der Waals surface area contributed by atoms with E-state index in [-0.39, 0.29) is 31.1 Å². The van der Waals surface area contributed by atoms with Crippen molar-refractivity contribution >= 4 is 17.9 Å². The first-order valence-electron chi connectivity index (χ1n) is 35.9. The molecular formula is C76H136O6. The van der Waals surface area contributed by atoms with Gasteiger partial charge in [-0.15, -0.1) is 0 Å². The van der Waals surface area contributed by atoms with Gasteiger partial charge >= 0.3 is 17.9 Å². The fourth-order valence-corrected chi connectivity index (χ4v) is 10.5. The van der Waals surface area contributed by atoms with Crippen molar-refractivity contribution in [1.82, 2.24) is 0 Å². The van der Waals surface area contributed by atoms with Crippen molar-refractivity contribution in [2.75, 3.05) is 13.2 Å². The van der Waals surface area contributed by atoms with Crippen molar-refractivity contribution in [1.29, 1.82) is 0 Å². The highest BCUT2D eigenvalue weighted by molar-refractivity contribution is 5.71. The first-order valence-corrected chi connectivity index (χ1v) is 35.9. The van der Waals surface area contributed by atoms with Crippen LogP contribution >= 0.6 is 0 Å². The number of hydrogen-bond donors (Lipinski definition) is 0. The van der Waals surface area contributed by atoms with Crippen molar-refractivity contribution in [2.45, 2.75) is 380 Å². The fourth-order valence-electron chi connectivity index (χ4n) is 10.5. The van der Waals surface area contributed by atoms with Crippen LogP contribution in [-0.4, -0.2) is 37.2 Å². The largest absolute Gasteiger partial charge is 0.462 e. The van der Waals surface area contributed by atoms with Gasteiger partial charge in [-0.05, 0) is 116 Å². The average Bonchev–Trinajstić information content (AvgIpc) is 3.47. The molecular weight excluding hydrogens is 1010 g/mol. The van der Waals surface area contributed by atoms with E-state index in [4.69, 9.17) is 14.2 Å². The number of hydrogen-bond acceptors (Lipinski definition) is 6. The van der Waals surface area contributed by atoms with E-state index in [0.717, 1.165) is 96.3 Å². The van der Waals surface area contributed by atoms with Crippen LogP contribution in [0.4, 0.5) is 0 Å². The lowest BCUT2D eigenvalue weighted by atomic mass is 10.0. The second-order valence-corrected chi connectivity index (χ2v) is 24.1. The molecule has 0 radical (unpaired) electrons. The Kier molecular flexibility index (Phi) is 67.6. The fraction of sp³-hybridized carbons (Fsp3) is 0.803.